The van der Waals surface area contributed by atoms with Gasteiger partial charge in [0.1, 0.15) is 0 Å². The van der Waals surface area contributed by atoms with Gasteiger partial charge in [0, 0.05) is 25.0 Å². The molecule has 0 radical (unpaired) electrons. The third kappa shape index (κ3) is 3.42. The number of anilines is 1. The normalized spacial score (nSPS) is 10.4. The molecule has 2 N–H and O–H groups in total. The van der Waals surface area contributed by atoms with E-state index in [1.54, 1.807) is 17.1 Å². The molecule has 1 heterocycles. The Kier molecular flexibility index (Phi) is 4.30. The number of aliphatic hydroxyl groups excluding tert-OH is 1. The second-order valence-electron chi connectivity index (χ2n) is 4.21. The maximum Gasteiger partial charge on any atom is 0.258 e. The van der Waals surface area contributed by atoms with E-state index in [1.807, 2.05) is 31.2 Å². The fourth-order valence-corrected chi connectivity index (χ4v) is 1.74. The summed E-state index contributed by atoms with van der Waals surface area (Å²) in [4.78, 5) is 11.9. The fraction of sp³-hybridized carbons (Fsp3) is 0.286. The maximum atomic E-state index is 11.9. The fourth-order valence-electron chi connectivity index (χ4n) is 1.74. The smallest absolute Gasteiger partial charge is 0.258 e. The topological polar surface area (TPSA) is 67.2 Å². The summed E-state index contributed by atoms with van der Waals surface area (Å²) < 4.78 is 1.71. The lowest BCUT2D eigenvalue weighted by atomic mass is 10.1. The van der Waals surface area contributed by atoms with Gasteiger partial charge in [0.2, 0.25) is 0 Å². The van der Waals surface area contributed by atoms with Crippen molar-refractivity contribution in [3.05, 3.63) is 47.8 Å². The summed E-state index contributed by atoms with van der Waals surface area (Å²) in [6, 6.07) is 7.43. The number of aryl methyl sites for hydroxylation is 1. The van der Waals surface area contributed by atoms with E-state index < -0.39 is 0 Å². The molecule has 0 saturated carbocycles. The maximum absolute atomic E-state index is 11.9. The van der Waals surface area contributed by atoms with Gasteiger partial charge in [-0.25, -0.2) is 0 Å². The van der Waals surface area contributed by atoms with Gasteiger partial charge in [-0.1, -0.05) is 12.1 Å². The van der Waals surface area contributed by atoms with Crippen LogP contribution in [0, 0.1) is 0 Å². The molecule has 100 valence electrons. The van der Waals surface area contributed by atoms with E-state index in [4.69, 9.17) is 5.11 Å². The molecule has 2 aromatic rings. The first-order chi connectivity index (χ1) is 9.22. The Labute approximate surface area is 111 Å². The van der Waals surface area contributed by atoms with E-state index in [0.717, 1.165) is 17.8 Å². The molecule has 1 aromatic heterocycles. The summed E-state index contributed by atoms with van der Waals surface area (Å²) in [6.45, 7) is 2.83. The third-order valence-electron chi connectivity index (χ3n) is 2.83. The standard InChI is InChI=1S/C14H17N3O2/c1-2-17-10-12(9-15-17)14(19)16-13-5-3-11(4-6-13)7-8-18/h3-6,9-10,18H,2,7-8H2,1H3,(H,16,19). The average Bonchev–Trinajstić information content (AvgIpc) is 2.90. The quantitative estimate of drug-likeness (QED) is 0.858. The van der Waals surface area contributed by atoms with Crippen molar-refractivity contribution in [3.8, 4) is 0 Å². The molecule has 5 nitrogen and oxygen atoms in total. The SMILES string of the molecule is CCn1cc(C(=O)Nc2ccc(CCO)cc2)cn1. The Morgan fingerprint density at radius 1 is 1.37 bits per heavy atom. The largest absolute Gasteiger partial charge is 0.396 e. The van der Waals surface area contributed by atoms with Crippen LogP contribution in [0.3, 0.4) is 0 Å². The van der Waals surface area contributed by atoms with Crippen molar-refractivity contribution < 1.29 is 9.90 Å². The number of carbonyl (C=O) groups is 1. The molecule has 0 aliphatic heterocycles. The molecule has 0 aliphatic carbocycles. The zero-order valence-corrected chi connectivity index (χ0v) is 10.8. The van der Waals surface area contributed by atoms with Gasteiger partial charge in [0.25, 0.3) is 5.91 Å². The van der Waals surface area contributed by atoms with Crippen molar-refractivity contribution in [1.82, 2.24) is 9.78 Å². The number of aromatic nitrogens is 2. The molecule has 0 fully saturated rings. The van der Waals surface area contributed by atoms with Crippen LogP contribution in [-0.2, 0) is 13.0 Å². The summed E-state index contributed by atoms with van der Waals surface area (Å²) in [5, 5.41) is 15.7. The van der Waals surface area contributed by atoms with Crippen molar-refractivity contribution in [1.29, 1.82) is 0 Å². The number of rotatable bonds is 5. The molecule has 0 unspecified atom stereocenters. The lowest BCUT2D eigenvalue weighted by Crippen LogP contribution is -2.11. The monoisotopic (exact) mass is 259 g/mol. The lowest BCUT2D eigenvalue weighted by Gasteiger charge is -2.04. The van der Waals surface area contributed by atoms with E-state index in [0.29, 0.717) is 12.0 Å². The number of carbonyl (C=O) groups excluding carboxylic acids is 1. The van der Waals surface area contributed by atoms with Crippen LogP contribution in [0.2, 0.25) is 0 Å². The molecule has 2 rings (SSSR count). The van der Waals surface area contributed by atoms with E-state index in [2.05, 4.69) is 10.4 Å². The Hall–Kier alpha value is -2.14. The highest BCUT2D eigenvalue weighted by atomic mass is 16.2. The highest BCUT2D eigenvalue weighted by Gasteiger charge is 2.08. The highest BCUT2D eigenvalue weighted by molar-refractivity contribution is 6.03. The van der Waals surface area contributed by atoms with Gasteiger partial charge in [-0.05, 0) is 31.0 Å². The zero-order chi connectivity index (χ0) is 13.7. The molecular formula is C14H17N3O2. The first kappa shape index (κ1) is 13.3. The number of hydrogen-bond donors (Lipinski definition) is 2. The first-order valence-corrected chi connectivity index (χ1v) is 6.26. The van der Waals surface area contributed by atoms with Crippen LogP contribution in [0.25, 0.3) is 0 Å². The van der Waals surface area contributed by atoms with Gasteiger partial charge >= 0.3 is 0 Å². The minimum Gasteiger partial charge on any atom is -0.396 e. The van der Waals surface area contributed by atoms with Crippen molar-refractivity contribution in [3.63, 3.8) is 0 Å². The molecule has 0 saturated heterocycles. The Morgan fingerprint density at radius 2 is 2.11 bits per heavy atom. The number of aliphatic hydroxyl groups is 1. The predicted molar refractivity (Wildman–Crippen MR) is 73.1 cm³/mol. The van der Waals surface area contributed by atoms with E-state index in [-0.39, 0.29) is 12.5 Å². The summed E-state index contributed by atoms with van der Waals surface area (Å²) >= 11 is 0. The van der Waals surface area contributed by atoms with Crippen LogP contribution >= 0.6 is 0 Å². The molecule has 5 heteroatoms. The van der Waals surface area contributed by atoms with Crippen molar-refractivity contribution >= 4 is 11.6 Å². The number of nitrogens with one attached hydrogen (secondary N) is 1. The highest BCUT2D eigenvalue weighted by Crippen LogP contribution is 2.11. The van der Waals surface area contributed by atoms with Crippen LogP contribution in [0.1, 0.15) is 22.8 Å². The molecule has 19 heavy (non-hydrogen) atoms. The second kappa shape index (κ2) is 6.15. The number of benzene rings is 1. The van der Waals surface area contributed by atoms with Crippen LogP contribution in [-0.4, -0.2) is 27.4 Å². The van der Waals surface area contributed by atoms with Crippen molar-refractivity contribution in [2.24, 2.45) is 0 Å². The van der Waals surface area contributed by atoms with E-state index in [9.17, 15) is 4.79 Å². The Morgan fingerprint density at radius 3 is 2.68 bits per heavy atom. The van der Waals surface area contributed by atoms with E-state index >= 15 is 0 Å². The Bertz CT molecular complexity index is 546. The van der Waals surface area contributed by atoms with Crippen LogP contribution in [0.4, 0.5) is 5.69 Å². The van der Waals surface area contributed by atoms with Gasteiger partial charge in [-0.2, -0.15) is 5.10 Å². The average molecular weight is 259 g/mol. The van der Waals surface area contributed by atoms with Gasteiger partial charge in [0.05, 0.1) is 11.8 Å². The van der Waals surface area contributed by atoms with Gasteiger partial charge < -0.3 is 10.4 Å². The van der Waals surface area contributed by atoms with E-state index in [1.165, 1.54) is 0 Å². The van der Waals surface area contributed by atoms with Crippen LogP contribution in [0.15, 0.2) is 36.7 Å². The number of nitrogens with zero attached hydrogens (tertiary/aromatic N) is 2. The number of amides is 1. The minimum atomic E-state index is -0.172. The first-order valence-electron chi connectivity index (χ1n) is 6.26. The number of hydrogen-bond acceptors (Lipinski definition) is 3. The summed E-state index contributed by atoms with van der Waals surface area (Å²) in [6.07, 6.45) is 3.89. The summed E-state index contributed by atoms with van der Waals surface area (Å²) in [5.41, 5.74) is 2.32. The minimum absolute atomic E-state index is 0.127. The lowest BCUT2D eigenvalue weighted by molar-refractivity contribution is 0.102. The third-order valence-corrected chi connectivity index (χ3v) is 2.83. The molecule has 0 aliphatic rings. The second-order valence-corrected chi connectivity index (χ2v) is 4.21. The van der Waals surface area contributed by atoms with Crippen molar-refractivity contribution in [2.45, 2.75) is 19.9 Å². The molecule has 1 aromatic carbocycles. The van der Waals surface area contributed by atoms with Gasteiger partial charge in [0.15, 0.2) is 0 Å². The van der Waals surface area contributed by atoms with Crippen LogP contribution in [0.5, 0.6) is 0 Å². The summed E-state index contributed by atoms with van der Waals surface area (Å²) in [5.74, 6) is -0.172. The predicted octanol–water partition coefficient (Wildman–Crippen LogP) is 1.69. The molecule has 0 atom stereocenters. The van der Waals surface area contributed by atoms with Gasteiger partial charge in [-0.15, -0.1) is 0 Å². The molecule has 1 amide bonds. The summed E-state index contributed by atoms with van der Waals surface area (Å²) in [7, 11) is 0. The van der Waals surface area contributed by atoms with Crippen molar-refractivity contribution in [2.75, 3.05) is 11.9 Å². The Balaban J connectivity index is 2.01. The molecular weight excluding hydrogens is 242 g/mol. The molecule has 0 bridgehead atoms. The zero-order valence-electron chi connectivity index (χ0n) is 10.8. The molecule has 0 spiro atoms. The van der Waals surface area contributed by atoms with Crippen LogP contribution < -0.4 is 5.32 Å². The van der Waals surface area contributed by atoms with Gasteiger partial charge in [-0.3, -0.25) is 9.48 Å².